The van der Waals surface area contributed by atoms with Gasteiger partial charge in [-0.15, -0.1) is 0 Å². The van der Waals surface area contributed by atoms with Gasteiger partial charge in [0, 0.05) is 6.07 Å². The Bertz CT molecular complexity index is 1150. The molecular weight excluding hydrogens is 362 g/mol. The monoisotopic (exact) mass is 379 g/mol. The Kier molecular flexibility index (Phi) is 4.44. The number of carbonyl (C=O) groups is 1. The Morgan fingerprint density at radius 3 is 2.71 bits per heavy atom. The summed E-state index contributed by atoms with van der Waals surface area (Å²) in [6.07, 6.45) is 1.54. The van der Waals surface area contributed by atoms with Crippen molar-refractivity contribution in [2.45, 2.75) is 6.92 Å². The lowest BCUT2D eigenvalue weighted by molar-refractivity contribution is 0.102. The van der Waals surface area contributed by atoms with Crippen molar-refractivity contribution in [3.8, 4) is 23.0 Å². The van der Waals surface area contributed by atoms with Crippen LogP contribution in [0.3, 0.4) is 0 Å². The number of aromatic nitrogens is 2. The van der Waals surface area contributed by atoms with Crippen molar-refractivity contribution in [1.29, 1.82) is 0 Å². The smallest absolute Gasteiger partial charge is 0.259 e. The number of amides is 1. The van der Waals surface area contributed by atoms with E-state index in [2.05, 4.69) is 15.5 Å². The van der Waals surface area contributed by atoms with Crippen LogP contribution in [0.15, 0.2) is 51.6 Å². The van der Waals surface area contributed by atoms with Gasteiger partial charge in [-0.05, 0) is 37.3 Å². The molecule has 1 N–H and O–H groups in total. The predicted molar refractivity (Wildman–Crippen MR) is 102 cm³/mol. The van der Waals surface area contributed by atoms with Crippen LogP contribution in [0.25, 0.3) is 22.6 Å². The fraction of sp³-hybridized carbons (Fsp3) is 0.150. The molecule has 142 valence electrons. The molecule has 0 radical (unpaired) electrons. The van der Waals surface area contributed by atoms with Crippen LogP contribution in [-0.2, 0) is 0 Å². The first kappa shape index (κ1) is 17.6. The molecule has 4 aromatic rings. The summed E-state index contributed by atoms with van der Waals surface area (Å²) >= 11 is 0. The zero-order chi connectivity index (χ0) is 19.7. The van der Waals surface area contributed by atoms with Crippen molar-refractivity contribution in [1.82, 2.24) is 10.1 Å². The molecule has 0 spiro atoms. The molecule has 0 atom stereocenters. The van der Waals surface area contributed by atoms with Crippen molar-refractivity contribution in [3.05, 3.63) is 53.9 Å². The lowest BCUT2D eigenvalue weighted by Gasteiger charge is -2.12. The molecule has 0 saturated carbocycles. The molecule has 0 aliphatic heterocycles. The fourth-order valence-electron chi connectivity index (χ4n) is 2.93. The SMILES string of the molecule is COc1ccc(OC)c(NC(=O)c2cc(-c3ccco3)nc3onc(C)c23)c1. The fourth-order valence-corrected chi connectivity index (χ4v) is 2.93. The average molecular weight is 379 g/mol. The molecule has 1 aromatic carbocycles. The van der Waals surface area contributed by atoms with Crippen molar-refractivity contribution in [2.75, 3.05) is 19.5 Å². The molecular formula is C20H17N3O5. The first-order chi connectivity index (χ1) is 13.6. The number of furan rings is 1. The van der Waals surface area contributed by atoms with Gasteiger partial charge in [0.05, 0.1) is 42.8 Å². The number of carbonyl (C=O) groups excluding carboxylic acids is 1. The van der Waals surface area contributed by atoms with Crippen molar-refractivity contribution >= 4 is 22.7 Å². The van der Waals surface area contributed by atoms with E-state index >= 15 is 0 Å². The van der Waals surface area contributed by atoms with Crippen LogP contribution < -0.4 is 14.8 Å². The van der Waals surface area contributed by atoms with Gasteiger partial charge >= 0.3 is 0 Å². The van der Waals surface area contributed by atoms with E-state index < -0.39 is 0 Å². The number of rotatable bonds is 5. The second-order valence-electron chi connectivity index (χ2n) is 6.00. The second kappa shape index (κ2) is 7.07. The van der Waals surface area contributed by atoms with Gasteiger partial charge in [-0.2, -0.15) is 0 Å². The highest BCUT2D eigenvalue weighted by molar-refractivity contribution is 6.13. The van der Waals surface area contributed by atoms with Crippen LogP contribution in [0.4, 0.5) is 5.69 Å². The molecule has 0 unspecified atom stereocenters. The lowest BCUT2D eigenvalue weighted by Crippen LogP contribution is -2.14. The molecule has 0 aliphatic rings. The van der Waals surface area contributed by atoms with Gasteiger partial charge in [0.2, 0.25) is 0 Å². The molecule has 8 nitrogen and oxygen atoms in total. The summed E-state index contributed by atoms with van der Waals surface area (Å²) < 4.78 is 21.2. The number of ether oxygens (including phenoxy) is 2. The summed E-state index contributed by atoms with van der Waals surface area (Å²) in [6, 6.07) is 10.3. The highest BCUT2D eigenvalue weighted by Gasteiger charge is 2.21. The molecule has 4 rings (SSSR count). The molecule has 3 aromatic heterocycles. The van der Waals surface area contributed by atoms with Crippen molar-refractivity contribution < 1.29 is 23.2 Å². The maximum atomic E-state index is 13.1. The van der Waals surface area contributed by atoms with E-state index in [-0.39, 0.29) is 11.6 Å². The maximum Gasteiger partial charge on any atom is 0.259 e. The third-order valence-electron chi connectivity index (χ3n) is 4.29. The van der Waals surface area contributed by atoms with Gasteiger partial charge in [-0.3, -0.25) is 4.79 Å². The Morgan fingerprint density at radius 1 is 1.14 bits per heavy atom. The van der Waals surface area contributed by atoms with Gasteiger partial charge in [-0.25, -0.2) is 4.98 Å². The predicted octanol–water partition coefficient (Wildman–Crippen LogP) is 4.06. The van der Waals surface area contributed by atoms with Crippen LogP contribution in [0.2, 0.25) is 0 Å². The van der Waals surface area contributed by atoms with Crippen LogP contribution in [-0.4, -0.2) is 30.3 Å². The summed E-state index contributed by atoms with van der Waals surface area (Å²) in [5.41, 5.74) is 2.13. The van der Waals surface area contributed by atoms with Crippen LogP contribution in [0, 0.1) is 6.92 Å². The standard InChI is InChI=1S/C20H17N3O5/c1-11-18-13(10-15(17-5-4-8-27-17)22-20(18)28-23-11)19(24)21-14-9-12(25-2)6-7-16(14)26-3/h4-10H,1-3H3,(H,21,24). The highest BCUT2D eigenvalue weighted by Crippen LogP contribution is 2.31. The number of hydrogen-bond donors (Lipinski definition) is 1. The van der Waals surface area contributed by atoms with Crippen molar-refractivity contribution in [3.63, 3.8) is 0 Å². The Hall–Kier alpha value is -3.81. The summed E-state index contributed by atoms with van der Waals surface area (Å²) in [6.45, 7) is 1.75. The van der Waals surface area contributed by atoms with Crippen molar-refractivity contribution in [2.24, 2.45) is 0 Å². The quantitative estimate of drug-likeness (QED) is 0.558. The van der Waals surface area contributed by atoms with Gasteiger partial charge in [0.15, 0.2) is 5.76 Å². The lowest BCUT2D eigenvalue weighted by atomic mass is 10.1. The molecule has 28 heavy (non-hydrogen) atoms. The molecule has 3 heterocycles. The topological polar surface area (TPSA) is 99.6 Å². The molecule has 0 aliphatic carbocycles. The van der Waals surface area contributed by atoms with Gasteiger partial charge < -0.3 is 23.7 Å². The van der Waals surface area contributed by atoms with E-state index in [0.717, 1.165) is 0 Å². The Morgan fingerprint density at radius 2 is 2.00 bits per heavy atom. The molecule has 0 saturated heterocycles. The number of methoxy groups -OCH3 is 2. The summed E-state index contributed by atoms with van der Waals surface area (Å²) in [5.74, 6) is 1.25. The molecule has 0 bridgehead atoms. The minimum absolute atomic E-state index is 0.258. The maximum absolute atomic E-state index is 13.1. The largest absolute Gasteiger partial charge is 0.497 e. The van der Waals surface area contributed by atoms with Crippen LogP contribution in [0.5, 0.6) is 11.5 Å². The highest BCUT2D eigenvalue weighted by atomic mass is 16.5. The number of anilines is 1. The van der Waals surface area contributed by atoms with E-state index in [1.165, 1.54) is 13.4 Å². The van der Waals surface area contributed by atoms with E-state index in [9.17, 15) is 4.79 Å². The van der Waals surface area contributed by atoms with Gasteiger partial charge in [0.25, 0.3) is 11.6 Å². The second-order valence-corrected chi connectivity index (χ2v) is 6.00. The van der Waals surface area contributed by atoms with E-state index in [1.54, 1.807) is 50.4 Å². The summed E-state index contributed by atoms with van der Waals surface area (Å²) in [4.78, 5) is 17.5. The number of nitrogens with zero attached hydrogens (tertiary/aromatic N) is 2. The molecule has 0 fully saturated rings. The van der Waals surface area contributed by atoms with Crippen LogP contribution >= 0.6 is 0 Å². The Labute approximate surface area is 160 Å². The number of aryl methyl sites for hydroxylation is 1. The van der Waals surface area contributed by atoms with E-state index in [1.807, 2.05) is 0 Å². The summed E-state index contributed by atoms with van der Waals surface area (Å²) in [7, 11) is 3.08. The molecule has 1 amide bonds. The van der Waals surface area contributed by atoms with E-state index in [0.29, 0.717) is 45.3 Å². The van der Waals surface area contributed by atoms with Crippen LogP contribution in [0.1, 0.15) is 16.1 Å². The third-order valence-corrected chi connectivity index (χ3v) is 4.29. The Balaban J connectivity index is 1.80. The zero-order valence-corrected chi connectivity index (χ0v) is 15.5. The molecule has 8 heteroatoms. The number of nitrogens with one attached hydrogen (secondary N) is 1. The number of pyridine rings is 1. The van der Waals surface area contributed by atoms with Gasteiger partial charge in [-0.1, -0.05) is 5.16 Å². The normalized spacial score (nSPS) is 10.8. The zero-order valence-electron chi connectivity index (χ0n) is 15.5. The minimum Gasteiger partial charge on any atom is -0.497 e. The minimum atomic E-state index is -0.363. The third kappa shape index (κ3) is 3.05. The first-order valence-electron chi connectivity index (χ1n) is 8.45. The summed E-state index contributed by atoms with van der Waals surface area (Å²) in [5, 5.41) is 7.34. The number of hydrogen-bond acceptors (Lipinski definition) is 7. The number of fused-ring (bicyclic) bond motifs is 1. The first-order valence-corrected chi connectivity index (χ1v) is 8.45. The average Bonchev–Trinajstić information content (AvgIpc) is 3.37. The number of benzene rings is 1. The van der Waals surface area contributed by atoms with Gasteiger partial charge in [0.1, 0.15) is 17.2 Å². The van der Waals surface area contributed by atoms with E-state index in [4.69, 9.17) is 18.4 Å².